The molecule has 0 spiro atoms. The van der Waals surface area contributed by atoms with Gasteiger partial charge in [0.05, 0.1) is 5.75 Å². The van der Waals surface area contributed by atoms with E-state index < -0.39 is 10.0 Å². The molecule has 0 radical (unpaired) electrons. The van der Waals surface area contributed by atoms with Crippen molar-refractivity contribution in [1.29, 1.82) is 0 Å². The summed E-state index contributed by atoms with van der Waals surface area (Å²) in [5.74, 6) is 0.00988. The zero-order valence-electron chi connectivity index (χ0n) is 9.94. The number of sulfonamides is 1. The summed E-state index contributed by atoms with van der Waals surface area (Å²) in [4.78, 5) is 0. The van der Waals surface area contributed by atoms with Gasteiger partial charge in [-0.05, 0) is 30.9 Å². The molecule has 94 valence electrons. The fourth-order valence-corrected chi connectivity index (χ4v) is 3.52. The molecule has 0 unspecified atom stereocenters. The molecule has 1 aromatic rings. The van der Waals surface area contributed by atoms with Crippen LogP contribution >= 0.6 is 0 Å². The molecule has 1 aliphatic rings. The Bertz CT molecular complexity index is 507. The molecule has 3 N–H and O–H groups in total. The van der Waals surface area contributed by atoms with E-state index in [4.69, 9.17) is 5.73 Å². The summed E-state index contributed by atoms with van der Waals surface area (Å²) in [6.07, 6.45) is 1.84. The molecule has 0 atom stereocenters. The molecule has 0 saturated heterocycles. The lowest BCUT2D eigenvalue weighted by Crippen LogP contribution is -2.35. The average molecular weight is 254 g/mol. The van der Waals surface area contributed by atoms with Gasteiger partial charge in [0.2, 0.25) is 10.0 Å². The minimum Gasteiger partial charge on any atom is -0.326 e. The molecule has 5 heteroatoms. The lowest BCUT2D eigenvalue weighted by Gasteiger charge is -2.13. The number of nitrogens with two attached hydrogens (primary N) is 1. The molecule has 0 aliphatic heterocycles. The molecule has 1 aromatic carbocycles. The van der Waals surface area contributed by atoms with Gasteiger partial charge in [-0.2, -0.15) is 0 Å². The van der Waals surface area contributed by atoms with E-state index in [1.54, 1.807) is 0 Å². The third-order valence-corrected chi connectivity index (χ3v) is 4.58. The summed E-state index contributed by atoms with van der Waals surface area (Å²) in [5, 5.41) is 0. The van der Waals surface area contributed by atoms with E-state index in [1.807, 2.05) is 31.2 Å². The Hall–Kier alpha value is -0.910. The number of hydrogen-bond acceptors (Lipinski definition) is 3. The monoisotopic (exact) mass is 254 g/mol. The average Bonchev–Trinajstić information content (AvgIpc) is 2.94. The number of rotatable bonds is 5. The van der Waals surface area contributed by atoms with Crippen LogP contribution < -0.4 is 10.5 Å². The van der Waals surface area contributed by atoms with Gasteiger partial charge in [0.1, 0.15) is 0 Å². The van der Waals surface area contributed by atoms with Crippen LogP contribution in [0.5, 0.6) is 0 Å². The quantitative estimate of drug-likeness (QED) is 0.827. The second kappa shape index (κ2) is 4.40. The Morgan fingerprint density at radius 2 is 1.88 bits per heavy atom. The predicted molar refractivity (Wildman–Crippen MR) is 67.7 cm³/mol. The standard InChI is InChI=1S/C12H18N2O2S/c1-12(6-7-12)14-17(15,16)9-11-5-3-2-4-10(11)8-13/h2-5,14H,6-9,13H2,1H3. The Labute approximate surface area is 102 Å². The zero-order chi connectivity index (χ0) is 12.5. The number of hydrogen-bond donors (Lipinski definition) is 2. The molecule has 0 bridgehead atoms. The third-order valence-electron chi connectivity index (χ3n) is 3.09. The van der Waals surface area contributed by atoms with Gasteiger partial charge in [-0.15, -0.1) is 0 Å². The van der Waals surface area contributed by atoms with Crippen molar-refractivity contribution >= 4 is 10.0 Å². The van der Waals surface area contributed by atoms with Crippen LogP contribution in [0.1, 0.15) is 30.9 Å². The molecule has 0 amide bonds. The van der Waals surface area contributed by atoms with Gasteiger partial charge in [-0.3, -0.25) is 0 Å². The van der Waals surface area contributed by atoms with Crippen molar-refractivity contribution in [2.75, 3.05) is 0 Å². The van der Waals surface area contributed by atoms with Gasteiger partial charge in [0.25, 0.3) is 0 Å². The third kappa shape index (κ3) is 3.28. The molecular weight excluding hydrogens is 236 g/mol. The highest BCUT2D eigenvalue weighted by molar-refractivity contribution is 7.88. The van der Waals surface area contributed by atoms with E-state index in [-0.39, 0.29) is 11.3 Å². The van der Waals surface area contributed by atoms with Crippen molar-refractivity contribution in [3.8, 4) is 0 Å². The van der Waals surface area contributed by atoms with Crippen LogP contribution in [0.2, 0.25) is 0 Å². The highest BCUT2D eigenvalue weighted by Gasteiger charge is 2.40. The summed E-state index contributed by atoms with van der Waals surface area (Å²) >= 11 is 0. The molecule has 1 aliphatic carbocycles. The Morgan fingerprint density at radius 1 is 1.29 bits per heavy atom. The van der Waals surface area contributed by atoms with Crippen LogP contribution in [0.15, 0.2) is 24.3 Å². The van der Waals surface area contributed by atoms with Crippen molar-refractivity contribution < 1.29 is 8.42 Å². The summed E-state index contributed by atoms with van der Waals surface area (Å²) in [6.45, 7) is 2.29. The van der Waals surface area contributed by atoms with Crippen LogP contribution in [-0.2, 0) is 22.3 Å². The maximum atomic E-state index is 12.0. The maximum absolute atomic E-state index is 12.0. The van der Waals surface area contributed by atoms with Crippen LogP contribution in [0.4, 0.5) is 0 Å². The maximum Gasteiger partial charge on any atom is 0.216 e. The van der Waals surface area contributed by atoms with E-state index >= 15 is 0 Å². The first kappa shape index (κ1) is 12.5. The lowest BCUT2D eigenvalue weighted by molar-refractivity contribution is 0.557. The topological polar surface area (TPSA) is 72.2 Å². The van der Waals surface area contributed by atoms with E-state index in [9.17, 15) is 8.42 Å². The first-order valence-corrected chi connectivity index (χ1v) is 7.38. The van der Waals surface area contributed by atoms with Crippen molar-refractivity contribution in [3.05, 3.63) is 35.4 Å². The smallest absolute Gasteiger partial charge is 0.216 e. The minimum atomic E-state index is -3.27. The molecule has 1 saturated carbocycles. The summed E-state index contributed by atoms with van der Waals surface area (Å²) in [7, 11) is -3.27. The highest BCUT2D eigenvalue weighted by atomic mass is 32.2. The number of benzene rings is 1. The van der Waals surface area contributed by atoms with E-state index in [1.165, 1.54) is 0 Å². The van der Waals surface area contributed by atoms with Gasteiger partial charge < -0.3 is 5.73 Å². The normalized spacial score (nSPS) is 18.0. The van der Waals surface area contributed by atoms with Crippen molar-refractivity contribution in [2.45, 2.75) is 37.6 Å². The molecule has 2 rings (SSSR count). The first-order valence-electron chi connectivity index (χ1n) is 5.73. The van der Waals surface area contributed by atoms with E-state index in [0.29, 0.717) is 6.54 Å². The lowest BCUT2D eigenvalue weighted by atomic mass is 10.1. The first-order chi connectivity index (χ1) is 7.94. The summed E-state index contributed by atoms with van der Waals surface area (Å²) in [6, 6.07) is 7.39. The van der Waals surface area contributed by atoms with Gasteiger partial charge in [0.15, 0.2) is 0 Å². The van der Waals surface area contributed by atoms with E-state index in [2.05, 4.69) is 4.72 Å². The highest BCUT2D eigenvalue weighted by Crippen LogP contribution is 2.35. The van der Waals surface area contributed by atoms with Crippen LogP contribution in [0, 0.1) is 0 Å². The summed E-state index contributed by atoms with van der Waals surface area (Å²) in [5.41, 5.74) is 7.05. The zero-order valence-corrected chi connectivity index (χ0v) is 10.8. The summed E-state index contributed by atoms with van der Waals surface area (Å²) < 4.78 is 26.7. The minimum absolute atomic E-state index is 0.00988. The molecule has 4 nitrogen and oxygen atoms in total. The van der Waals surface area contributed by atoms with Crippen molar-refractivity contribution in [3.63, 3.8) is 0 Å². The Balaban J connectivity index is 2.14. The molecule has 0 heterocycles. The molecule has 17 heavy (non-hydrogen) atoms. The fourth-order valence-electron chi connectivity index (χ4n) is 1.80. The van der Waals surface area contributed by atoms with Crippen LogP contribution in [0.3, 0.4) is 0 Å². The number of nitrogens with one attached hydrogen (secondary N) is 1. The predicted octanol–water partition coefficient (Wildman–Crippen LogP) is 1.12. The van der Waals surface area contributed by atoms with Gasteiger partial charge in [-0.1, -0.05) is 24.3 Å². The van der Waals surface area contributed by atoms with Crippen LogP contribution in [-0.4, -0.2) is 14.0 Å². The fraction of sp³-hybridized carbons (Fsp3) is 0.500. The van der Waals surface area contributed by atoms with E-state index in [0.717, 1.165) is 24.0 Å². The van der Waals surface area contributed by atoms with Crippen LogP contribution in [0.25, 0.3) is 0 Å². The largest absolute Gasteiger partial charge is 0.326 e. The van der Waals surface area contributed by atoms with Crippen molar-refractivity contribution in [2.24, 2.45) is 5.73 Å². The Kier molecular flexibility index (Phi) is 3.25. The van der Waals surface area contributed by atoms with Gasteiger partial charge in [0, 0.05) is 12.1 Å². The molecule has 0 aromatic heterocycles. The molecular formula is C12H18N2O2S. The SMILES string of the molecule is CC1(NS(=O)(=O)Cc2ccccc2CN)CC1. The van der Waals surface area contributed by atoms with Gasteiger partial charge >= 0.3 is 0 Å². The second-order valence-electron chi connectivity index (χ2n) is 4.89. The van der Waals surface area contributed by atoms with Crippen molar-refractivity contribution in [1.82, 2.24) is 4.72 Å². The Morgan fingerprint density at radius 3 is 2.41 bits per heavy atom. The molecule has 1 fully saturated rings. The second-order valence-corrected chi connectivity index (χ2v) is 6.62. The van der Waals surface area contributed by atoms with Gasteiger partial charge in [-0.25, -0.2) is 13.1 Å².